The van der Waals surface area contributed by atoms with Gasteiger partial charge in [-0.15, -0.1) is 0 Å². The second-order valence-electron chi connectivity index (χ2n) is 5.97. The van der Waals surface area contributed by atoms with Crippen LogP contribution in [0.5, 0.6) is 0 Å². The highest BCUT2D eigenvalue weighted by molar-refractivity contribution is 5.76. The quantitative estimate of drug-likeness (QED) is 0.721. The standard InChI is InChI=1S/C20H26FN3O/c1-3-24(4-2)19-11-7-15(13-18(19)22)8-12-20(25)23-14-16-5-9-17(21)10-6-16/h5-7,9-11,13H,3-4,8,12,14,22H2,1-2H3,(H,23,25). The summed E-state index contributed by atoms with van der Waals surface area (Å²) in [6.45, 7) is 6.42. The predicted molar refractivity (Wildman–Crippen MR) is 101 cm³/mol. The zero-order valence-corrected chi connectivity index (χ0v) is 14.9. The minimum absolute atomic E-state index is 0.0317. The minimum atomic E-state index is -0.277. The first-order valence-electron chi connectivity index (χ1n) is 8.68. The summed E-state index contributed by atoms with van der Waals surface area (Å²) >= 11 is 0. The lowest BCUT2D eigenvalue weighted by Gasteiger charge is -2.23. The van der Waals surface area contributed by atoms with Gasteiger partial charge in [-0.25, -0.2) is 4.39 Å². The number of halogens is 1. The Kier molecular flexibility index (Phi) is 6.81. The fraction of sp³-hybridized carbons (Fsp3) is 0.350. The molecule has 0 aliphatic rings. The van der Waals surface area contributed by atoms with Crippen molar-refractivity contribution in [3.8, 4) is 0 Å². The van der Waals surface area contributed by atoms with E-state index in [4.69, 9.17) is 5.73 Å². The van der Waals surface area contributed by atoms with Crippen molar-refractivity contribution >= 4 is 17.3 Å². The van der Waals surface area contributed by atoms with Crippen LogP contribution in [0.4, 0.5) is 15.8 Å². The van der Waals surface area contributed by atoms with E-state index < -0.39 is 0 Å². The first-order valence-corrected chi connectivity index (χ1v) is 8.68. The highest BCUT2D eigenvalue weighted by atomic mass is 19.1. The summed E-state index contributed by atoms with van der Waals surface area (Å²) in [4.78, 5) is 14.2. The molecule has 0 aromatic heterocycles. The van der Waals surface area contributed by atoms with Gasteiger partial charge in [0.15, 0.2) is 0 Å². The molecule has 0 unspecified atom stereocenters. The molecule has 0 atom stereocenters. The lowest BCUT2D eigenvalue weighted by Crippen LogP contribution is -2.23. The maximum Gasteiger partial charge on any atom is 0.220 e. The summed E-state index contributed by atoms with van der Waals surface area (Å²) in [5.41, 5.74) is 9.86. The first-order chi connectivity index (χ1) is 12.0. The lowest BCUT2D eigenvalue weighted by atomic mass is 10.1. The van der Waals surface area contributed by atoms with E-state index in [1.807, 2.05) is 18.2 Å². The summed E-state index contributed by atoms with van der Waals surface area (Å²) in [5, 5.41) is 2.85. The highest BCUT2D eigenvalue weighted by Gasteiger charge is 2.08. The third kappa shape index (κ3) is 5.48. The summed E-state index contributed by atoms with van der Waals surface area (Å²) in [5.74, 6) is -0.309. The molecule has 0 bridgehead atoms. The molecule has 134 valence electrons. The maximum absolute atomic E-state index is 12.8. The highest BCUT2D eigenvalue weighted by Crippen LogP contribution is 2.24. The van der Waals surface area contributed by atoms with Gasteiger partial charge in [0.05, 0.1) is 11.4 Å². The van der Waals surface area contributed by atoms with E-state index in [0.29, 0.717) is 19.4 Å². The van der Waals surface area contributed by atoms with Gasteiger partial charge in [0.2, 0.25) is 5.91 Å². The van der Waals surface area contributed by atoms with Crippen molar-refractivity contribution in [2.75, 3.05) is 23.7 Å². The molecular weight excluding hydrogens is 317 g/mol. The van der Waals surface area contributed by atoms with Crippen LogP contribution in [0.3, 0.4) is 0 Å². The molecule has 0 radical (unpaired) electrons. The molecule has 0 aliphatic heterocycles. The molecule has 2 rings (SSSR count). The fourth-order valence-electron chi connectivity index (χ4n) is 2.76. The zero-order chi connectivity index (χ0) is 18.2. The first kappa shape index (κ1) is 18.8. The Morgan fingerprint density at radius 1 is 1.08 bits per heavy atom. The predicted octanol–water partition coefficient (Wildman–Crippen LogP) is 3.50. The van der Waals surface area contributed by atoms with E-state index in [2.05, 4.69) is 24.1 Å². The number of carbonyl (C=O) groups is 1. The molecule has 2 aromatic rings. The van der Waals surface area contributed by atoms with Gasteiger partial charge >= 0.3 is 0 Å². The van der Waals surface area contributed by atoms with E-state index in [9.17, 15) is 9.18 Å². The maximum atomic E-state index is 12.8. The SMILES string of the molecule is CCN(CC)c1ccc(CCC(=O)NCc2ccc(F)cc2)cc1N. The van der Waals surface area contributed by atoms with Crippen LogP contribution < -0.4 is 16.0 Å². The molecule has 0 fully saturated rings. The van der Waals surface area contributed by atoms with Crippen LogP contribution in [0.2, 0.25) is 0 Å². The Hall–Kier alpha value is -2.56. The number of hydrogen-bond acceptors (Lipinski definition) is 3. The van der Waals surface area contributed by atoms with E-state index in [-0.39, 0.29) is 11.7 Å². The van der Waals surface area contributed by atoms with Gasteiger partial charge in [-0.3, -0.25) is 4.79 Å². The number of nitrogens with one attached hydrogen (secondary N) is 1. The summed E-state index contributed by atoms with van der Waals surface area (Å²) < 4.78 is 12.8. The Balaban J connectivity index is 1.85. The lowest BCUT2D eigenvalue weighted by molar-refractivity contribution is -0.121. The molecule has 0 saturated carbocycles. The van der Waals surface area contributed by atoms with Crippen LogP contribution in [-0.2, 0) is 17.8 Å². The van der Waals surface area contributed by atoms with Gasteiger partial charge in [0, 0.05) is 26.1 Å². The van der Waals surface area contributed by atoms with E-state index >= 15 is 0 Å². The van der Waals surface area contributed by atoms with Crippen molar-refractivity contribution in [3.05, 3.63) is 59.4 Å². The number of rotatable bonds is 8. The normalized spacial score (nSPS) is 10.5. The van der Waals surface area contributed by atoms with Gasteiger partial charge < -0.3 is 16.0 Å². The van der Waals surface area contributed by atoms with E-state index in [1.165, 1.54) is 12.1 Å². The molecule has 5 heteroatoms. The molecule has 0 saturated heterocycles. The molecular formula is C20H26FN3O. The average Bonchev–Trinajstić information content (AvgIpc) is 2.62. The molecule has 25 heavy (non-hydrogen) atoms. The third-order valence-electron chi connectivity index (χ3n) is 4.24. The van der Waals surface area contributed by atoms with Crippen LogP contribution in [0.15, 0.2) is 42.5 Å². The monoisotopic (exact) mass is 343 g/mol. The van der Waals surface area contributed by atoms with Gasteiger partial charge in [-0.1, -0.05) is 18.2 Å². The van der Waals surface area contributed by atoms with Crippen molar-refractivity contribution in [1.29, 1.82) is 0 Å². The number of benzene rings is 2. The minimum Gasteiger partial charge on any atom is -0.397 e. The van der Waals surface area contributed by atoms with E-state index in [0.717, 1.165) is 35.6 Å². The average molecular weight is 343 g/mol. The second-order valence-corrected chi connectivity index (χ2v) is 5.97. The van der Waals surface area contributed by atoms with Crippen molar-refractivity contribution in [2.45, 2.75) is 33.2 Å². The molecule has 0 aliphatic carbocycles. The van der Waals surface area contributed by atoms with Crippen molar-refractivity contribution in [3.63, 3.8) is 0 Å². The Bertz CT molecular complexity index is 697. The second kappa shape index (κ2) is 9.06. The Morgan fingerprint density at radius 2 is 1.72 bits per heavy atom. The number of carbonyl (C=O) groups excluding carboxylic acids is 1. The summed E-state index contributed by atoms with van der Waals surface area (Å²) in [6.07, 6.45) is 1.03. The number of amides is 1. The van der Waals surface area contributed by atoms with Crippen LogP contribution in [-0.4, -0.2) is 19.0 Å². The molecule has 0 heterocycles. The number of aryl methyl sites for hydroxylation is 1. The Morgan fingerprint density at radius 3 is 2.32 bits per heavy atom. The zero-order valence-electron chi connectivity index (χ0n) is 14.9. The molecule has 1 amide bonds. The number of hydrogen-bond donors (Lipinski definition) is 2. The third-order valence-corrected chi connectivity index (χ3v) is 4.24. The number of nitrogens with zero attached hydrogens (tertiary/aromatic N) is 1. The Labute approximate surface area is 148 Å². The van der Waals surface area contributed by atoms with Gasteiger partial charge in [-0.05, 0) is 55.7 Å². The number of anilines is 2. The largest absolute Gasteiger partial charge is 0.397 e. The van der Waals surface area contributed by atoms with Crippen LogP contribution in [0.1, 0.15) is 31.4 Å². The summed E-state index contributed by atoms with van der Waals surface area (Å²) in [6, 6.07) is 12.1. The molecule has 3 N–H and O–H groups in total. The molecule has 0 spiro atoms. The van der Waals surface area contributed by atoms with Crippen molar-refractivity contribution in [1.82, 2.24) is 5.32 Å². The van der Waals surface area contributed by atoms with Crippen LogP contribution in [0.25, 0.3) is 0 Å². The number of nitrogens with two attached hydrogens (primary N) is 1. The van der Waals surface area contributed by atoms with Gasteiger partial charge in [-0.2, -0.15) is 0 Å². The number of nitrogen functional groups attached to an aromatic ring is 1. The molecule has 4 nitrogen and oxygen atoms in total. The van der Waals surface area contributed by atoms with Crippen molar-refractivity contribution in [2.24, 2.45) is 0 Å². The molecule has 2 aromatic carbocycles. The van der Waals surface area contributed by atoms with Crippen LogP contribution >= 0.6 is 0 Å². The smallest absolute Gasteiger partial charge is 0.220 e. The van der Waals surface area contributed by atoms with E-state index in [1.54, 1.807) is 12.1 Å². The van der Waals surface area contributed by atoms with Gasteiger partial charge in [0.25, 0.3) is 0 Å². The van der Waals surface area contributed by atoms with Crippen LogP contribution in [0, 0.1) is 5.82 Å². The van der Waals surface area contributed by atoms with Crippen molar-refractivity contribution < 1.29 is 9.18 Å². The van der Waals surface area contributed by atoms with Gasteiger partial charge in [0.1, 0.15) is 5.82 Å². The fourth-order valence-corrected chi connectivity index (χ4v) is 2.76. The topological polar surface area (TPSA) is 58.4 Å². The summed E-state index contributed by atoms with van der Waals surface area (Å²) in [7, 11) is 0.